The van der Waals surface area contributed by atoms with E-state index in [0.717, 1.165) is 53.6 Å². The van der Waals surface area contributed by atoms with Crippen LogP contribution in [0.1, 0.15) is 32.7 Å². The second-order valence-electron chi connectivity index (χ2n) is 9.79. The summed E-state index contributed by atoms with van der Waals surface area (Å²) in [6.07, 6.45) is 8.30. The Morgan fingerprint density at radius 3 is 2.53 bits per heavy atom. The molecule has 2 fully saturated rings. The molecule has 0 spiro atoms. The summed E-state index contributed by atoms with van der Waals surface area (Å²) in [6.45, 7) is 8.41. The minimum atomic E-state index is 0.525. The predicted molar refractivity (Wildman–Crippen MR) is 129 cm³/mol. The summed E-state index contributed by atoms with van der Waals surface area (Å²) < 4.78 is 9.37. The molecule has 3 aromatic rings. The number of halogens is 1. The van der Waals surface area contributed by atoms with Crippen molar-refractivity contribution in [3.05, 3.63) is 35.7 Å². The number of fused-ring (bicyclic) bond motifs is 1. The van der Waals surface area contributed by atoms with E-state index in [4.69, 9.17) is 16.3 Å². The molecular weight excluding hydrogens is 424 g/mol. The van der Waals surface area contributed by atoms with Gasteiger partial charge in [0.1, 0.15) is 5.69 Å². The van der Waals surface area contributed by atoms with E-state index in [9.17, 15) is 0 Å². The lowest BCUT2D eigenvalue weighted by molar-refractivity contribution is -0.0607. The summed E-state index contributed by atoms with van der Waals surface area (Å²) in [6, 6.07) is 5.31. The lowest BCUT2D eigenvalue weighted by Gasteiger charge is -2.37. The maximum absolute atomic E-state index is 6.71. The Labute approximate surface area is 194 Å². The summed E-state index contributed by atoms with van der Waals surface area (Å²) >= 11 is 6.71. The minimum Gasteiger partial charge on any atom is -0.378 e. The van der Waals surface area contributed by atoms with Gasteiger partial charge in [-0.25, -0.2) is 4.68 Å². The third-order valence-corrected chi connectivity index (χ3v) is 7.46. The van der Waals surface area contributed by atoms with Crippen molar-refractivity contribution >= 4 is 28.2 Å². The number of hydrogen-bond donors (Lipinski definition) is 0. The average molecular weight is 457 g/mol. The number of nitrogens with zero attached hydrogens (tertiary/aromatic N) is 6. The van der Waals surface area contributed by atoms with Gasteiger partial charge in [-0.2, -0.15) is 10.2 Å². The Kier molecular flexibility index (Phi) is 5.90. The van der Waals surface area contributed by atoms with Gasteiger partial charge in [0.25, 0.3) is 0 Å². The summed E-state index contributed by atoms with van der Waals surface area (Å²) in [5.41, 5.74) is 3.08. The first-order chi connectivity index (χ1) is 15.4. The van der Waals surface area contributed by atoms with E-state index in [1.807, 2.05) is 23.1 Å². The molecule has 8 heteroatoms. The quantitative estimate of drug-likeness (QED) is 0.481. The van der Waals surface area contributed by atoms with Crippen molar-refractivity contribution in [3.8, 4) is 5.69 Å². The summed E-state index contributed by atoms with van der Waals surface area (Å²) in [5.74, 6) is 1.10. The lowest BCUT2D eigenvalue weighted by atomic mass is 9.94. The third-order valence-electron chi connectivity index (χ3n) is 7.15. The zero-order chi connectivity index (χ0) is 22.4. The Bertz CT molecular complexity index is 1090. The summed E-state index contributed by atoms with van der Waals surface area (Å²) in [4.78, 5) is 4.71. The maximum Gasteiger partial charge on any atom is 0.103 e. The number of anilines is 1. The van der Waals surface area contributed by atoms with Crippen LogP contribution >= 0.6 is 11.6 Å². The highest BCUT2D eigenvalue weighted by molar-refractivity contribution is 6.34. The van der Waals surface area contributed by atoms with Crippen LogP contribution in [0.15, 0.2) is 30.7 Å². The highest BCUT2D eigenvalue weighted by Gasteiger charge is 2.27. The molecule has 3 heterocycles. The molecule has 0 N–H and O–H groups in total. The second kappa shape index (κ2) is 8.69. The van der Waals surface area contributed by atoms with Crippen LogP contribution in [0, 0.1) is 11.8 Å². The van der Waals surface area contributed by atoms with Crippen molar-refractivity contribution in [2.24, 2.45) is 11.8 Å². The van der Waals surface area contributed by atoms with E-state index in [1.54, 1.807) is 0 Å². The molecule has 2 aromatic heterocycles. The molecule has 1 aliphatic carbocycles. The van der Waals surface area contributed by atoms with Gasteiger partial charge in [0, 0.05) is 25.5 Å². The molecule has 0 bridgehead atoms. The van der Waals surface area contributed by atoms with Gasteiger partial charge in [0.2, 0.25) is 0 Å². The SMILES string of the molecule is C[C@@H](CN(C)c1cc2c(cnn2-c2cnn(C3CC3)c2)cc1Cl)[C@@H](C)CN(C)C1COC1. The van der Waals surface area contributed by atoms with Crippen LogP contribution in [0.2, 0.25) is 5.02 Å². The molecule has 0 radical (unpaired) electrons. The number of ether oxygens (including phenoxy) is 1. The number of likely N-dealkylation sites (N-methyl/N-ethyl adjacent to an activating group) is 1. The molecule has 5 rings (SSSR count). The van der Waals surface area contributed by atoms with Gasteiger partial charge in [-0.05, 0) is 43.9 Å². The van der Waals surface area contributed by atoms with Crippen LogP contribution in [0.25, 0.3) is 16.6 Å². The number of benzene rings is 1. The molecule has 7 nitrogen and oxygen atoms in total. The van der Waals surface area contributed by atoms with Gasteiger partial charge < -0.3 is 9.64 Å². The van der Waals surface area contributed by atoms with Gasteiger partial charge >= 0.3 is 0 Å². The second-order valence-corrected chi connectivity index (χ2v) is 10.2. The van der Waals surface area contributed by atoms with E-state index in [2.05, 4.69) is 64.9 Å². The van der Waals surface area contributed by atoms with Gasteiger partial charge in [-0.15, -0.1) is 0 Å². The van der Waals surface area contributed by atoms with Gasteiger partial charge in [0.15, 0.2) is 0 Å². The molecule has 0 amide bonds. The van der Waals surface area contributed by atoms with Gasteiger partial charge in [0.05, 0.1) is 60.1 Å². The van der Waals surface area contributed by atoms with Gasteiger partial charge in [-0.3, -0.25) is 9.58 Å². The molecule has 1 saturated heterocycles. The van der Waals surface area contributed by atoms with Crippen molar-refractivity contribution in [1.82, 2.24) is 24.5 Å². The van der Waals surface area contributed by atoms with Crippen LogP contribution in [0.5, 0.6) is 0 Å². The highest BCUT2D eigenvalue weighted by Crippen LogP contribution is 2.35. The smallest absolute Gasteiger partial charge is 0.103 e. The minimum absolute atomic E-state index is 0.525. The standard InChI is InChI=1S/C24H33ClN6O/c1-16(11-28(3)21-14-32-15-21)17(2)12-29(4)24-8-23-18(7-22(24)25)9-27-31(23)20-10-26-30(13-20)19-5-6-19/h7-10,13,16-17,19,21H,5-6,11-12,14-15H2,1-4H3/t16-,17-/m0/s1. The normalized spacial score (nSPS) is 18.8. The van der Waals surface area contributed by atoms with E-state index in [1.165, 1.54) is 12.8 Å². The van der Waals surface area contributed by atoms with Crippen LogP contribution in [0.3, 0.4) is 0 Å². The van der Waals surface area contributed by atoms with E-state index >= 15 is 0 Å². The largest absolute Gasteiger partial charge is 0.378 e. The first kappa shape index (κ1) is 21.7. The van der Waals surface area contributed by atoms with E-state index < -0.39 is 0 Å². The molecule has 1 aromatic carbocycles. The average Bonchev–Trinajstić information content (AvgIpc) is 3.30. The zero-order valence-electron chi connectivity index (χ0n) is 19.4. The first-order valence-corrected chi connectivity index (χ1v) is 12.0. The summed E-state index contributed by atoms with van der Waals surface area (Å²) in [5, 5.41) is 11.0. The van der Waals surface area contributed by atoms with Crippen molar-refractivity contribution in [1.29, 1.82) is 0 Å². The highest BCUT2D eigenvalue weighted by atomic mass is 35.5. The Hall–Kier alpha value is -2.09. The molecule has 1 saturated carbocycles. The fraction of sp³-hybridized carbons (Fsp3) is 0.583. The predicted octanol–water partition coefficient (Wildman–Crippen LogP) is 4.25. The van der Waals surface area contributed by atoms with Crippen molar-refractivity contribution < 1.29 is 4.74 Å². The zero-order valence-corrected chi connectivity index (χ0v) is 20.2. The van der Waals surface area contributed by atoms with Crippen LogP contribution in [-0.4, -0.2) is 70.9 Å². The van der Waals surface area contributed by atoms with E-state index in [0.29, 0.717) is 23.9 Å². The molecule has 0 unspecified atom stereocenters. The van der Waals surface area contributed by atoms with Crippen molar-refractivity contribution in [2.45, 2.75) is 38.8 Å². The molecular formula is C24H33ClN6O. The fourth-order valence-corrected chi connectivity index (χ4v) is 4.80. The molecule has 32 heavy (non-hydrogen) atoms. The van der Waals surface area contributed by atoms with Crippen LogP contribution in [-0.2, 0) is 4.74 Å². The molecule has 1 aliphatic heterocycles. The number of aromatic nitrogens is 4. The number of hydrogen-bond acceptors (Lipinski definition) is 5. The van der Waals surface area contributed by atoms with Crippen LogP contribution < -0.4 is 4.90 Å². The number of rotatable bonds is 9. The van der Waals surface area contributed by atoms with Crippen molar-refractivity contribution in [3.63, 3.8) is 0 Å². The molecule has 172 valence electrons. The van der Waals surface area contributed by atoms with Gasteiger partial charge in [-0.1, -0.05) is 25.4 Å². The topological polar surface area (TPSA) is 51.4 Å². The lowest BCUT2D eigenvalue weighted by Crippen LogP contribution is -2.49. The fourth-order valence-electron chi connectivity index (χ4n) is 4.48. The maximum atomic E-state index is 6.71. The van der Waals surface area contributed by atoms with Crippen molar-refractivity contribution in [2.75, 3.05) is 45.3 Å². The van der Waals surface area contributed by atoms with Crippen LogP contribution in [0.4, 0.5) is 5.69 Å². The Morgan fingerprint density at radius 1 is 1.09 bits per heavy atom. The summed E-state index contributed by atoms with van der Waals surface area (Å²) in [7, 11) is 4.34. The molecule has 2 aliphatic rings. The Morgan fingerprint density at radius 2 is 1.84 bits per heavy atom. The third kappa shape index (κ3) is 4.26. The molecule has 2 atom stereocenters. The monoisotopic (exact) mass is 456 g/mol. The Balaban J connectivity index is 1.32. The first-order valence-electron chi connectivity index (χ1n) is 11.6. The van der Waals surface area contributed by atoms with E-state index in [-0.39, 0.29) is 0 Å².